The van der Waals surface area contributed by atoms with E-state index in [1.54, 1.807) is 6.08 Å². The van der Waals surface area contributed by atoms with Gasteiger partial charge in [-0.25, -0.2) is 4.79 Å². The van der Waals surface area contributed by atoms with Crippen LogP contribution in [0.1, 0.15) is 32.6 Å². The molecule has 0 radical (unpaired) electrons. The fraction of sp³-hybridized carbons (Fsp3) is 0.909. The van der Waals surface area contributed by atoms with Crippen molar-refractivity contribution in [2.75, 3.05) is 13.1 Å². The standard InChI is InChI=1S/C11H18N2O/c1-9-5-11(6-9,13-8-14)10-3-2-4-12-7-10/h9-10,12H,2-7H2,1H3. The number of hydrogen-bond donors (Lipinski definition) is 1. The van der Waals surface area contributed by atoms with Crippen LogP contribution >= 0.6 is 0 Å². The summed E-state index contributed by atoms with van der Waals surface area (Å²) in [5.41, 5.74) is -0.0470. The van der Waals surface area contributed by atoms with E-state index in [0.717, 1.165) is 31.8 Å². The molecule has 1 heterocycles. The molecule has 0 aromatic rings. The molecule has 2 aliphatic rings. The number of piperidine rings is 1. The Bertz CT molecular complexity index is 246. The lowest BCUT2D eigenvalue weighted by molar-refractivity contribution is 0.0788. The van der Waals surface area contributed by atoms with Crippen LogP contribution in [0, 0.1) is 11.8 Å². The number of nitrogens with zero attached hydrogens (tertiary/aromatic N) is 1. The second kappa shape index (κ2) is 3.84. The summed E-state index contributed by atoms with van der Waals surface area (Å²) in [6, 6.07) is 0. The first-order chi connectivity index (χ1) is 6.77. The minimum atomic E-state index is -0.0470. The van der Waals surface area contributed by atoms with E-state index in [-0.39, 0.29) is 5.54 Å². The van der Waals surface area contributed by atoms with Gasteiger partial charge in [0.05, 0.1) is 5.54 Å². The molecule has 1 aliphatic carbocycles. The molecule has 14 heavy (non-hydrogen) atoms. The fourth-order valence-electron chi connectivity index (χ4n) is 3.06. The van der Waals surface area contributed by atoms with Gasteiger partial charge in [0.25, 0.3) is 0 Å². The van der Waals surface area contributed by atoms with Crippen LogP contribution in [0.5, 0.6) is 0 Å². The smallest absolute Gasteiger partial charge is 0.235 e. The van der Waals surface area contributed by atoms with E-state index in [1.165, 1.54) is 12.8 Å². The normalized spacial score (nSPS) is 42.4. The predicted molar refractivity (Wildman–Crippen MR) is 54.8 cm³/mol. The lowest BCUT2D eigenvalue weighted by Gasteiger charge is -2.48. The second-order valence-corrected chi connectivity index (χ2v) is 4.86. The van der Waals surface area contributed by atoms with Crippen LogP contribution in [0.25, 0.3) is 0 Å². The Labute approximate surface area is 85.0 Å². The van der Waals surface area contributed by atoms with E-state index in [0.29, 0.717) is 5.92 Å². The summed E-state index contributed by atoms with van der Waals surface area (Å²) >= 11 is 0. The molecule has 0 bridgehead atoms. The number of hydrogen-bond acceptors (Lipinski definition) is 3. The molecule has 3 nitrogen and oxygen atoms in total. The van der Waals surface area contributed by atoms with Gasteiger partial charge in [0.1, 0.15) is 0 Å². The molecule has 3 heteroatoms. The minimum absolute atomic E-state index is 0.0470. The zero-order chi connectivity index (χ0) is 10.0. The van der Waals surface area contributed by atoms with Crippen molar-refractivity contribution in [3.8, 4) is 0 Å². The Morgan fingerprint density at radius 1 is 1.50 bits per heavy atom. The molecule has 1 atom stereocenters. The van der Waals surface area contributed by atoms with Gasteiger partial charge in [-0.15, -0.1) is 0 Å². The van der Waals surface area contributed by atoms with Gasteiger partial charge in [0.15, 0.2) is 0 Å². The van der Waals surface area contributed by atoms with Gasteiger partial charge in [-0.05, 0) is 44.1 Å². The number of aliphatic imine (C=N–C) groups is 1. The molecule has 78 valence electrons. The van der Waals surface area contributed by atoms with E-state index in [9.17, 15) is 4.79 Å². The maximum absolute atomic E-state index is 10.5. The summed E-state index contributed by atoms with van der Waals surface area (Å²) < 4.78 is 0. The third kappa shape index (κ3) is 1.62. The van der Waals surface area contributed by atoms with Crippen LogP contribution in [0.2, 0.25) is 0 Å². The van der Waals surface area contributed by atoms with Gasteiger partial charge in [0.2, 0.25) is 6.08 Å². The van der Waals surface area contributed by atoms with Gasteiger partial charge >= 0.3 is 0 Å². The van der Waals surface area contributed by atoms with Crippen molar-refractivity contribution in [2.24, 2.45) is 16.8 Å². The first-order valence-corrected chi connectivity index (χ1v) is 5.56. The zero-order valence-corrected chi connectivity index (χ0v) is 8.75. The summed E-state index contributed by atoms with van der Waals surface area (Å²) in [5.74, 6) is 1.29. The van der Waals surface area contributed by atoms with Gasteiger partial charge in [-0.2, -0.15) is 4.99 Å². The van der Waals surface area contributed by atoms with E-state index in [1.807, 2.05) is 0 Å². The number of carbonyl (C=O) groups excluding carboxylic acids is 1. The Hall–Kier alpha value is -0.660. The Morgan fingerprint density at radius 2 is 2.29 bits per heavy atom. The first kappa shape index (κ1) is 9.88. The first-order valence-electron chi connectivity index (χ1n) is 5.56. The molecule has 0 aromatic heterocycles. The van der Waals surface area contributed by atoms with Crippen molar-refractivity contribution in [2.45, 2.75) is 38.1 Å². The van der Waals surface area contributed by atoms with Gasteiger partial charge < -0.3 is 5.32 Å². The highest BCUT2D eigenvalue weighted by Gasteiger charge is 2.48. The lowest BCUT2D eigenvalue weighted by Crippen LogP contribution is -2.52. The van der Waals surface area contributed by atoms with E-state index in [4.69, 9.17) is 0 Å². The zero-order valence-electron chi connectivity index (χ0n) is 8.75. The van der Waals surface area contributed by atoms with Gasteiger partial charge in [-0.1, -0.05) is 6.92 Å². The van der Waals surface area contributed by atoms with Crippen molar-refractivity contribution in [3.05, 3.63) is 0 Å². The molecule has 2 rings (SSSR count). The molecular formula is C11H18N2O. The Kier molecular flexibility index (Phi) is 2.71. The summed E-state index contributed by atoms with van der Waals surface area (Å²) in [6.45, 7) is 4.37. The maximum atomic E-state index is 10.5. The SMILES string of the molecule is CC1CC(N=C=O)(C2CCCNC2)C1. The Morgan fingerprint density at radius 3 is 2.79 bits per heavy atom. The summed E-state index contributed by atoms with van der Waals surface area (Å²) in [4.78, 5) is 14.5. The largest absolute Gasteiger partial charge is 0.316 e. The predicted octanol–water partition coefficient (Wildman–Crippen LogP) is 1.49. The number of rotatable bonds is 2. The molecule has 1 N–H and O–H groups in total. The second-order valence-electron chi connectivity index (χ2n) is 4.86. The number of nitrogens with one attached hydrogen (secondary N) is 1. The van der Waals surface area contributed by atoms with Crippen LogP contribution in [-0.2, 0) is 4.79 Å². The average Bonchev–Trinajstić information content (AvgIpc) is 2.17. The van der Waals surface area contributed by atoms with Crippen molar-refractivity contribution >= 4 is 6.08 Å². The number of isocyanates is 1. The van der Waals surface area contributed by atoms with Crippen molar-refractivity contribution in [1.29, 1.82) is 0 Å². The lowest BCUT2D eigenvalue weighted by atomic mass is 9.61. The third-order valence-electron chi connectivity index (χ3n) is 3.73. The topological polar surface area (TPSA) is 41.5 Å². The van der Waals surface area contributed by atoms with E-state index < -0.39 is 0 Å². The summed E-state index contributed by atoms with van der Waals surface area (Å²) in [6.07, 6.45) is 6.36. The molecule has 1 unspecified atom stereocenters. The average molecular weight is 194 g/mol. The quantitative estimate of drug-likeness (QED) is 0.534. The Balaban J connectivity index is 2.06. The third-order valence-corrected chi connectivity index (χ3v) is 3.73. The molecular weight excluding hydrogens is 176 g/mol. The van der Waals surface area contributed by atoms with Crippen LogP contribution in [0.15, 0.2) is 4.99 Å². The van der Waals surface area contributed by atoms with Crippen molar-refractivity contribution < 1.29 is 4.79 Å². The van der Waals surface area contributed by atoms with Crippen LogP contribution < -0.4 is 5.32 Å². The molecule has 1 saturated heterocycles. The van der Waals surface area contributed by atoms with E-state index >= 15 is 0 Å². The molecule has 0 amide bonds. The summed E-state index contributed by atoms with van der Waals surface area (Å²) in [7, 11) is 0. The molecule has 1 saturated carbocycles. The highest BCUT2D eigenvalue weighted by atomic mass is 16.1. The molecule has 0 spiro atoms. The minimum Gasteiger partial charge on any atom is -0.316 e. The van der Waals surface area contributed by atoms with Gasteiger partial charge in [0, 0.05) is 6.54 Å². The van der Waals surface area contributed by atoms with E-state index in [2.05, 4.69) is 17.2 Å². The highest BCUT2D eigenvalue weighted by Crippen LogP contribution is 2.47. The summed E-state index contributed by atoms with van der Waals surface area (Å²) in [5, 5.41) is 3.39. The van der Waals surface area contributed by atoms with Crippen LogP contribution in [-0.4, -0.2) is 24.7 Å². The molecule has 2 fully saturated rings. The maximum Gasteiger partial charge on any atom is 0.235 e. The van der Waals surface area contributed by atoms with Crippen molar-refractivity contribution in [3.63, 3.8) is 0 Å². The highest BCUT2D eigenvalue weighted by molar-refractivity contribution is 5.36. The fourth-order valence-corrected chi connectivity index (χ4v) is 3.06. The van der Waals surface area contributed by atoms with Crippen LogP contribution in [0.3, 0.4) is 0 Å². The van der Waals surface area contributed by atoms with Crippen molar-refractivity contribution in [1.82, 2.24) is 5.32 Å². The molecule has 1 aliphatic heterocycles. The van der Waals surface area contributed by atoms with Gasteiger partial charge in [-0.3, -0.25) is 0 Å². The monoisotopic (exact) mass is 194 g/mol. The van der Waals surface area contributed by atoms with Crippen LogP contribution in [0.4, 0.5) is 0 Å². The molecule has 0 aromatic carbocycles.